The van der Waals surface area contributed by atoms with Gasteiger partial charge in [-0.05, 0) is 56.6 Å². The Morgan fingerprint density at radius 2 is 1.64 bits per heavy atom. The number of nitrogens with one attached hydrogen (secondary N) is 1. The molecule has 1 atom stereocenters. The van der Waals surface area contributed by atoms with Gasteiger partial charge in [0.1, 0.15) is 0 Å². The predicted octanol–water partition coefficient (Wildman–Crippen LogP) is 2.82. The molecule has 2 saturated heterocycles. The van der Waals surface area contributed by atoms with Gasteiger partial charge in [0, 0.05) is 38.8 Å². The Labute approximate surface area is 150 Å². The molecule has 1 aromatic rings. The number of carbonyl (C=O) groups is 2. The molecule has 1 unspecified atom stereocenters. The van der Waals surface area contributed by atoms with Crippen molar-refractivity contribution in [3.05, 3.63) is 34.9 Å². The number of hydrogen-bond donors (Lipinski definition) is 1. The Morgan fingerprint density at radius 3 is 2.28 bits per heavy atom. The molecule has 0 bridgehead atoms. The number of likely N-dealkylation sites (tertiary alicyclic amines) is 2. The Balaban J connectivity index is 1.57. The maximum atomic E-state index is 12.9. The molecule has 0 aliphatic carbocycles. The highest BCUT2D eigenvalue weighted by molar-refractivity contribution is 5.95. The lowest BCUT2D eigenvalue weighted by atomic mass is 9.84. The van der Waals surface area contributed by atoms with Gasteiger partial charge in [0.05, 0.1) is 0 Å². The number of benzene rings is 1. The number of nitrogens with zero attached hydrogens (tertiary/aromatic N) is 2. The van der Waals surface area contributed by atoms with Gasteiger partial charge < -0.3 is 15.1 Å². The number of urea groups is 1. The Hall–Kier alpha value is -2.04. The lowest BCUT2D eigenvalue weighted by molar-refractivity contribution is 0.0776. The van der Waals surface area contributed by atoms with Crippen molar-refractivity contribution in [1.82, 2.24) is 15.1 Å². The molecular weight excluding hydrogens is 314 g/mol. The maximum absolute atomic E-state index is 12.9. The third-order valence-electron chi connectivity index (χ3n) is 5.83. The van der Waals surface area contributed by atoms with Crippen LogP contribution < -0.4 is 5.32 Å². The first kappa shape index (κ1) is 17.8. The first-order chi connectivity index (χ1) is 12.0. The molecule has 25 heavy (non-hydrogen) atoms. The summed E-state index contributed by atoms with van der Waals surface area (Å²) in [4.78, 5) is 28.5. The third kappa shape index (κ3) is 3.80. The number of piperidine rings is 1. The van der Waals surface area contributed by atoms with Gasteiger partial charge in [-0.25, -0.2) is 4.79 Å². The SMILES string of the molecule is CNC(=O)N1CCC(C2CCN(C(=O)c3ccc(C)cc3C)C2)CC1. The largest absolute Gasteiger partial charge is 0.341 e. The van der Waals surface area contributed by atoms with Crippen molar-refractivity contribution in [3.8, 4) is 0 Å². The van der Waals surface area contributed by atoms with Crippen LogP contribution in [-0.4, -0.2) is 55.0 Å². The fourth-order valence-corrected chi connectivity index (χ4v) is 4.31. The smallest absolute Gasteiger partial charge is 0.317 e. The summed E-state index contributed by atoms with van der Waals surface area (Å²) >= 11 is 0. The van der Waals surface area contributed by atoms with Crippen molar-refractivity contribution >= 4 is 11.9 Å². The summed E-state index contributed by atoms with van der Waals surface area (Å²) in [6.07, 6.45) is 3.18. The average Bonchev–Trinajstić information content (AvgIpc) is 3.11. The third-order valence-corrected chi connectivity index (χ3v) is 5.83. The first-order valence-corrected chi connectivity index (χ1v) is 9.32. The molecule has 0 aromatic heterocycles. The molecule has 1 N–H and O–H groups in total. The minimum atomic E-state index is 0.0246. The molecule has 0 radical (unpaired) electrons. The van der Waals surface area contributed by atoms with E-state index < -0.39 is 0 Å². The second-order valence-corrected chi connectivity index (χ2v) is 7.50. The van der Waals surface area contributed by atoms with E-state index >= 15 is 0 Å². The van der Waals surface area contributed by atoms with Gasteiger partial charge in [0.2, 0.25) is 0 Å². The van der Waals surface area contributed by atoms with Crippen molar-refractivity contribution in [3.63, 3.8) is 0 Å². The number of amides is 3. The van der Waals surface area contributed by atoms with Crippen LogP contribution in [0.2, 0.25) is 0 Å². The quantitative estimate of drug-likeness (QED) is 0.898. The molecule has 0 saturated carbocycles. The van der Waals surface area contributed by atoms with Crippen LogP contribution in [0.5, 0.6) is 0 Å². The zero-order chi connectivity index (χ0) is 18.0. The van der Waals surface area contributed by atoms with Gasteiger partial charge in [0.25, 0.3) is 5.91 Å². The van der Waals surface area contributed by atoms with Crippen LogP contribution in [0.1, 0.15) is 40.7 Å². The summed E-state index contributed by atoms with van der Waals surface area (Å²) < 4.78 is 0. The highest BCUT2D eigenvalue weighted by Gasteiger charge is 2.34. The number of hydrogen-bond acceptors (Lipinski definition) is 2. The van der Waals surface area contributed by atoms with E-state index in [1.807, 2.05) is 28.9 Å². The van der Waals surface area contributed by atoms with Crippen LogP contribution >= 0.6 is 0 Å². The summed E-state index contributed by atoms with van der Waals surface area (Å²) in [5, 5.41) is 2.70. The molecule has 136 valence electrons. The topological polar surface area (TPSA) is 52.7 Å². The average molecular weight is 343 g/mol. The molecule has 1 aromatic carbocycles. The van der Waals surface area contributed by atoms with Crippen molar-refractivity contribution in [2.24, 2.45) is 11.8 Å². The Bertz CT molecular complexity index is 650. The van der Waals surface area contributed by atoms with E-state index in [1.165, 1.54) is 5.56 Å². The Morgan fingerprint density at radius 1 is 1.00 bits per heavy atom. The molecule has 0 spiro atoms. The molecule has 3 amide bonds. The summed E-state index contributed by atoms with van der Waals surface area (Å²) in [6.45, 7) is 7.43. The van der Waals surface area contributed by atoms with Gasteiger partial charge in [-0.1, -0.05) is 17.7 Å². The molecule has 3 rings (SSSR count). The van der Waals surface area contributed by atoms with Crippen LogP contribution in [-0.2, 0) is 0 Å². The fourth-order valence-electron chi connectivity index (χ4n) is 4.31. The van der Waals surface area contributed by atoms with Gasteiger partial charge in [-0.3, -0.25) is 4.79 Å². The van der Waals surface area contributed by atoms with E-state index in [9.17, 15) is 9.59 Å². The Kier molecular flexibility index (Phi) is 5.30. The molecule has 5 nitrogen and oxygen atoms in total. The van der Waals surface area contributed by atoms with Crippen LogP contribution in [0.25, 0.3) is 0 Å². The normalized spacial score (nSPS) is 21.5. The van der Waals surface area contributed by atoms with Crippen LogP contribution in [0.15, 0.2) is 18.2 Å². The first-order valence-electron chi connectivity index (χ1n) is 9.32. The van der Waals surface area contributed by atoms with Crippen molar-refractivity contribution in [2.75, 3.05) is 33.2 Å². The highest BCUT2D eigenvalue weighted by Crippen LogP contribution is 2.32. The number of rotatable bonds is 2. The molecule has 2 aliphatic heterocycles. The van der Waals surface area contributed by atoms with Gasteiger partial charge in [-0.15, -0.1) is 0 Å². The van der Waals surface area contributed by atoms with Crippen molar-refractivity contribution in [2.45, 2.75) is 33.1 Å². The van der Waals surface area contributed by atoms with E-state index in [0.29, 0.717) is 11.8 Å². The molecule has 2 aliphatic rings. The lowest BCUT2D eigenvalue weighted by Gasteiger charge is -2.34. The van der Waals surface area contributed by atoms with Gasteiger partial charge >= 0.3 is 6.03 Å². The van der Waals surface area contributed by atoms with Crippen LogP contribution in [0, 0.1) is 25.7 Å². The second kappa shape index (κ2) is 7.46. The van der Waals surface area contributed by atoms with Gasteiger partial charge in [-0.2, -0.15) is 0 Å². The molecule has 5 heteroatoms. The van der Waals surface area contributed by atoms with Crippen molar-refractivity contribution in [1.29, 1.82) is 0 Å². The van der Waals surface area contributed by atoms with Gasteiger partial charge in [0.15, 0.2) is 0 Å². The minimum absolute atomic E-state index is 0.0246. The number of carbonyl (C=O) groups excluding carboxylic acids is 2. The van der Waals surface area contributed by atoms with Crippen molar-refractivity contribution < 1.29 is 9.59 Å². The maximum Gasteiger partial charge on any atom is 0.317 e. The lowest BCUT2D eigenvalue weighted by Crippen LogP contribution is -2.44. The highest BCUT2D eigenvalue weighted by atomic mass is 16.2. The van der Waals surface area contributed by atoms with E-state index in [-0.39, 0.29) is 11.9 Å². The van der Waals surface area contributed by atoms with E-state index in [4.69, 9.17) is 0 Å². The predicted molar refractivity (Wildman–Crippen MR) is 98.7 cm³/mol. The fraction of sp³-hybridized carbons (Fsp3) is 0.600. The summed E-state index contributed by atoms with van der Waals surface area (Å²) in [6, 6.07) is 6.08. The van der Waals surface area contributed by atoms with Crippen LogP contribution in [0.4, 0.5) is 4.79 Å². The summed E-state index contributed by atoms with van der Waals surface area (Å²) in [7, 11) is 1.68. The molecule has 2 fully saturated rings. The van der Waals surface area contributed by atoms with E-state index in [1.54, 1.807) is 7.05 Å². The monoisotopic (exact) mass is 343 g/mol. The van der Waals surface area contributed by atoms with E-state index in [2.05, 4.69) is 18.3 Å². The van der Waals surface area contributed by atoms with E-state index in [0.717, 1.165) is 56.6 Å². The zero-order valence-corrected chi connectivity index (χ0v) is 15.5. The summed E-state index contributed by atoms with van der Waals surface area (Å²) in [5.41, 5.74) is 3.09. The summed E-state index contributed by atoms with van der Waals surface area (Å²) in [5.74, 6) is 1.36. The zero-order valence-electron chi connectivity index (χ0n) is 15.5. The standard InChI is InChI=1S/C20H29N3O2/c1-14-4-5-18(15(2)12-14)19(24)23-11-8-17(13-23)16-6-9-22(10-7-16)20(25)21-3/h4-5,12,16-17H,6-11,13H2,1-3H3,(H,21,25). The number of aryl methyl sites for hydroxylation is 2. The molecular formula is C20H29N3O2. The molecule has 2 heterocycles. The minimum Gasteiger partial charge on any atom is -0.341 e. The van der Waals surface area contributed by atoms with Crippen LogP contribution in [0.3, 0.4) is 0 Å². The second-order valence-electron chi connectivity index (χ2n) is 7.50.